The Hall–Kier alpha value is -0.860. The lowest BCUT2D eigenvalue weighted by Crippen LogP contribution is -2.31. The lowest BCUT2D eigenvalue weighted by atomic mass is 9.77. The highest BCUT2D eigenvalue weighted by atomic mass is 15.1. The minimum atomic E-state index is 0.769. The first kappa shape index (κ1) is 12.6. The van der Waals surface area contributed by atoms with E-state index in [1.54, 1.807) is 11.1 Å². The largest absolute Gasteiger partial charge is 0.330 e. The Morgan fingerprint density at radius 3 is 2.82 bits per heavy atom. The summed E-state index contributed by atoms with van der Waals surface area (Å²) < 4.78 is 0. The minimum Gasteiger partial charge on any atom is -0.330 e. The summed E-state index contributed by atoms with van der Waals surface area (Å²) in [4.78, 5) is 2.47. The second-order valence-electron chi connectivity index (χ2n) is 5.21. The normalized spacial score (nSPS) is 17.9. The zero-order valence-corrected chi connectivity index (χ0v) is 10.9. The molecule has 2 nitrogen and oxygen atoms in total. The summed E-state index contributed by atoms with van der Waals surface area (Å²) in [7, 11) is 2.24. The van der Waals surface area contributed by atoms with E-state index in [2.05, 4.69) is 36.2 Å². The molecule has 2 N–H and O–H groups in total. The number of fused-ring (bicyclic) bond motifs is 1. The van der Waals surface area contributed by atoms with Gasteiger partial charge in [-0.2, -0.15) is 0 Å². The monoisotopic (exact) mass is 232 g/mol. The molecule has 0 aromatic heterocycles. The van der Waals surface area contributed by atoms with Crippen LogP contribution in [0, 0.1) is 0 Å². The maximum atomic E-state index is 5.50. The fraction of sp³-hybridized carbons (Fsp3) is 0.600. The molecule has 0 radical (unpaired) electrons. The average molecular weight is 232 g/mol. The Morgan fingerprint density at radius 2 is 2.06 bits per heavy atom. The van der Waals surface area contributed by atoms with Crippen molar-refractivity contribution < 1.29 is 0 Å². The zero-order valence-electron chi connectivity index (χ0n) is 10.9. The van der Waals surface area contributed by atoms with Crippen LogP contribution in [0.5, 0.6) is 0 Å². The van der Waals surface area contributed by atoms with Crippen LogP contribution >= 0.6 is 0 Å². The van der Waals surface area contributed by atoms with Crippen molar-refractivity contribution in [3.05, 3.63) is 35.4 Å². The van der Waals surface area contributed by atoms with Crippen LogP contribution in [0.15, 0.2) is 24.3 Å². The predicted molar refractivity (Wildman–Crippen MR) is 73.3 cm³/mol. The van der Waals surface area contributed by atoms with Crippen molar-refractivity contribution >= 4 is 0 Å². The van der Waals surface area contributed by atoms with E-state index < -0.39 is 0 Å². The Balaban J connectivity index is 1.69. The van der Waals surface area contributed by atoms with Crippen molar-refractivity contribution in [1.29, 1.82) is 0 Å². The van der Waals surface area contributed by atoms with Crippen molar-refractivity contribution in [2.24, 2.45) is 5.73 Å². The highest BCUT2D eigenvalue weighted by molar-refractivity contribution is 5.40. The lowest BCUT2D eigenvalue weighted by molar-refractivity contribution is 0.292. The molecule has 0 aliphatic heterocycles. The standard InChI is InChI=1S/C15H24N2/c1-17(10-6-2-5-9-16)12-14-11-13-7-3-4-8-15(13)14/h3-4,7-8,14H,2,5-6,9-12,16H2,1H3. The minimum absolute atomic E-state index is 0.769. The average Bonchev–Trinajstić information content (AvgIpc) is 2.32. The summed E-state index contributed by atoms with van der Waals surface area (Å²) in [6, 6.07) is 8.84. The molecule has 0 heterocycles. The molecule has 0 amide bonds. The predicted octanol–water partition coefficient (Wildman–Crippen LogP) is 2.39. The summed E-state index contributed by atoms with van der Waals surface area (Å²) in [5.74, 6) is 0.769. The maximum absolute atomic E-state index is 5.50. The number of nitrogens with two attached hydrogens (primary N) is 1. The molecule has 1 atom stereocenters. The van der Waals surface area contributed by atoms with Crippen LogP contribution in [-0.2, 0) is 6.42 Å². The van der Waals surface area contributed by atoms with Gasteiger partial charge in [-0.25, -0.2) is 0 Å². The number of hydrogen-bond acceptors (Lipinski definition) is 2. The van der Waals surface area contributed by atoms with Crippen LogP contribution < -0.4 is 5.73 Å². The van der Waals surface area contributed by atoms with Crippen molar-refractivity contribution in [2.45, 2.75) is 31.6 Å². The molecule has 0 bridgehead atoms. The smallest absolute Gasteiger partial charge is 0.00505 e. The molecular weight excluding hydrogens is 208 g/mol. The number of rotatable bonds is 7. The van der Waals surface area contributed by atoms with E-state index in [0.717, 1.165) is 12.5 Å². The lowest BCUT2D eigenvalue weighted by Gasteiger charge is -2.33. The highest BCUT2D eigenvalue weighted by Gasteiger charge is 2.25. The second-order valence-corrected chi connectivity index (χ2v) is 5.21. The SMILES string of the molecule is CN(CCCCCN)CC1Cc2ccccc21. The van der Waals surface area contributed by atoms with Crippen LogP contribution in [0.3, 0.4) is 0 Å². The van der Waals surface area contributed by atoms with E-state index in [0.29, 0.717) is 0 Å². The fourth-order valence-corrected chi connectivity index (χ4v) is 2.70. The van der Waals surface area contributed by atoms with Gasteiger partial charge in [0, 0.05) is 12.5 Å². The van der Waals surface area contributed by atoms with Crippen LogP contribution in [-0.4, -0.2) is 31.6 Å². The van der Waals surface area contributed by atoms with Gasteiger partial charge < -0.3 is 10.6 Å². The van der Waals surface area contributed by atoms with E-state index >= 15 is 0 Å². The van der Waals surface area contributed by atoms with E-state index in [1.807, 2.05) is 0 Å². The summed E-state index contributed by atoms with van der Waals surface area (Å²) in [6.07, 6.45) is 4.98. The maximum Gasteiger partial charge on any atom is 0.00505 e. The number of nitrogens with zero attached hydrogens (tertiary/aromatic N) is 1. The van der Waals surface area contributed by atoms with Gasteiger partial charge in [-0.3, -0.25) is 0 Å². The molecule has 1 aliphatic carbocycles. The van der Waals surface area contributed by atoms with Crippen molar-refractivity contribution in [3.8, 4) is 0 Å². The molecule has 0 spiro atoms. The van der Waals surface area contributed by atoms with Gasteiger partial charge in [-0.05, 0) is 50.5 Å². The zero-order chi connectivity index (χ0) is 12.1. The molecule has 0 fully saturated rings. The van der Waals surface area contributed by atoms with Gasteiger partial charge in [0.1, 0.15) is 0 Å². The Kier molecular flexibility index (Phi) is 4.57. The van der Waals surface area contributed by atoms with Crippen LogP contribution in [0.25, 0.3) is 0 Å². The third-order valence-corrected chi connectivity index (χ3v) is 3.74. The molecule has 0 saturated carbocycles. The molecule has 17 heavy (non-hydrogen) atoms. The topological polar surface area (TPSA) is 29.3 Å². The van der Waals surface area contributed by atoms with Crippen LogP contribution in [0.4, 0.5) is 0 Å². The number of unbranched alkanes of at least 4 members (excludes halogenated alkanes) is 2. The van der Waals surface area contributed by atoms with Crippen molar-refractivity contribution in [2.75, 3.05) is 26.7 Å². The quantitative estimate of drug-likeness (QED) is 0.731. The first-order valence-corrected chi connectivity index (χ1v) is 6.77. The first-order valence-electron chi connectivity index (χ1n) is 6.77. The highest BCUT2D eigenvalue weighted by Crippen LogP contribution is 2.34. The molecular formula is C15H24N2. The van der Waals surface area contributed by atoms with Gasteiger partial charge in [0.05, 0.1) is 0 Å². The number of hydrogen-bond donors (Lipinski definition) is 1. The van der Waals surface area contributed by atoms with Crippen molar-refractivity contribution in [3.63, 3.8) is 0 Å². The van der Waals surface area contributed by atoms with E-state index in [1.165, 1.54) is 38.8 Å². The van der Waals surface area contributed by atoms with Gasteiger partial charge in [0.2, 0.25) is 0 Å². The second kappa shape index (κ2) is 6.18. The molecule has 1 aromatic rings. The van der Waals surface area contributed by atoms with Crippen LogP contribution in [0.1, 0.15) is 36.3 Å². The molecule has 2 rings (SSSR count). The summed E-state index contributed by atoms with van der Waals surface area (Å²) in [6.45, 7) is 3.25. The molecule has 1 aliphatic rings. The van der Waals surface area contributed by atoms with E-state index in [-0.39, 0.29) is 0 Å². The van der Waals surface area contributed by atoms with Gasteiger partial charge >= 0.3 is 0 Å². The number of benzene rings is 1. The summed E-state index contributed by atoms with van der Waals surface area (Å²) in [5, 5.41) is 0. The molecule has 2 heteroatoms. The molecule has 1 unspecified atom stereocenters. The van der Waals surface area contributed by atoms with Gasteiger partial charge in [0.25, 0.3) is 0 Å². The van der Waals surface area contributed by atoms with Gasteiger partial charge in [-0.15, -0.1) is 0 Å². The molecule has 0 saturated heterocycles. The van der Waals surface area contributed by atoms with E-state index in [9.17, 15) is 0 Å². The third kappa shape index (κ3) is 3.30. The third-order valence-electron chi connectivity index (χ3n) is 3.74. The van der Waals surface area contributed by atoms with Crippen molar-refractivity contribution in [1.82, 2.24) is 4.90 Å². The Labute approximate surface area is 105 Å². The molecule has 1 aromatic carbocycles. The van der Waals surface area contributed by atoms with Gasteiger partial charge in [-0.1, -0.05) is 30.7 Å². The van der Waals surface area contributed by atoms with E-state index in [4.69, 9.17) is 5.73 Å². The molecule has 94 valence electrons. The Bertz CT molecular complexity index is 349. The van der Waals surface area contributed by atoms with Crippen LogP contribution in [0.2, 0.25) is 0 Å². The number of likely N-dealkylation sites (N-methyl/N-ethyl adjacent to an activating group) is 1. The fourth-order valence-electron chi connectivity index (χ4n) is 2.70. The summed E-state index contributed by atoms with van der Waals surface area (Å²) >= 11 is 0. The first-order chi connectivity index (χ1) is 8.31. The summed E-state index contributed by atoms with van der Waals surface area (Å²) in [5.41, 5.74) is 8.62. The Morgan fingerprint density at radius 1 is 1.24 bits per heavy atom. The van der Waals surface area contributed by atoms with Gasteiger partial charge in [0.15, 0.2) is 0 Å².